The summed E-state index contributed by atoms with van der Waals surface area (Å²) in [4.78, 5) is 21.2. The van der Waals surface area contributed by atoms with E-state index in [2.05, 4.69) is 83.9 Å². The second-order valence-electron chi connectivity index (χ2n) is 15.5. The summed E-state index contributed by atoms with van der Waals surface area (Å²) in [7, 11) is 0. The molecule has 0 spiro atoms. The van der Waals surface area contributed by atoms with Gasteiger partial charge in [0, 0.05) is 65.3 Å². The molecule has 0 saturated carbocycles. The van der Waals surface area contributed by atoms with Crippen LogP contribution in [0.4, 0.5) is 5.69 Å². The molecule has 0 aliphatic carbocycles. The monoisotopic (exact) mass is 938 g/mol. The van der Waals surface area contributed by atoms with Crippen LogP contribution < -0.4 is 20.4 Å². The molecule has 1 unspecified atom stereocenters. The van der Waals surface area contributed by atoms with E-state index >= 15 is 0 Å². The molecule has 7 aromatic rings. The number of carbonyl (C=O) groups excluding carboxylic acids is 1. The number of anilines is 1. The third-order valence-corrected chi connectivity index (χ3v) is 11.5. The summed E-state index contributed by atoms with van der Waals surface area (Å²) >= 11 is 12.2. The van der Waals surface area contributed by atoms with E-state index in [1.54, 1.807) is 34.3 Å². The van der Waals surface area contributed by atoms with Crippen LogP contribution in [0, 0.1) is 5.92 Å². The van der Waals surface area contributed by atoms with Crippen LogP contribution in [0.5, 0.6) is 6.01 Å². The lowest BCUT2D eigenvalue weighted by molar-refractivity contribution is -0.00245. The van der Waals surface area contributed by atoms with Crippen molar-refractivity contribution in [3.63, 3.8) is 0 Å². The Bertz CT molecular complexity index is 2710. The summed E-state index contributed by atoms with van der Waals surface area (Å²) in [6.07, 6.45) is 6.26. The average Bonchev–Trinajstić information content (AvgIpc) is 4.16. The predicted octanol–water partition coefficient (Wildman–Crippen LogP) is 7.40. The number of hydrogen-bond acceptors (Lipinski definition) is 14. The number of carbonyl (C=O) groups is 1. The van der Waals surface area contributed by atoms with Crippen LogP contribution in [0.25, 0.3) is 33.1 Å². The minimum atomic E-state index is -0.383. The highest BCUT2D eigenvalue weighted by Gasteiger charge is 2.26. The van der Waals surface area contributed by atoms with Crippen LogP contribution in [0.2, 0.25) is 10.0 Å². The second-order valence-corrected chi connectivity index (χ2v) is 16.3. The zero-order chi connectivity index (χ0) is 45.7. The van der Waals surface area contributed by atoms with E-state index in [0.717, 1.165) is 36.6 Å². The van der Waals surface area contributed by atoms with Gasteiger partial charge in [0.15, 0.2) is 0 Å². The molecule has 346 valence electrons. The molecule has 19 heteroatoms. The fourth-order valence-electron chi connectivity index (χ4n) is 7.41. The number of hydrazone groups is 1. The van der Waals surface area contributed by atoms with Crippen molar-refractivity contribution in [3.8, 4) is 17.3 Å². The Morgan fingerprint density at radius 1 is 0.848 bits per heavy atom. The van der Waals surface area contributed by atoms with Gasteiger partial charge in [-0.3, -0.25) is 9.80 Å². The zero-order valence-corrected chi connectivity index (χ0v) is 38.3. The van der Waals surface area contributed by atoms with Crippen molar-refractivity contribution >= 4 is 62.4 Å². The molecule has 1 aliphatic heterocycles. The summed E-state index contributed by atoms with van der Waals surface area (Å²) < 4.78 is 38.0. The number of rotatable bonds is 24. The predicted molar refractivity (Wildman–Crippen MR) is 252 cm³/mol. The maximum absolute atomic E-state index is 12.9. The normalized spacial score (nSPS) is 13.8. The quantitative estimate of drug-likeness (QED) is 0.0574. The SMILES string of the molecule is CCn1c2ccc(CNCCOCCOCCOCCOCCn3cc(COc4ncc(C(=O)NC5=NN(c6ccc(Cl)c(Cl)c6)CC5C)cn4)nn3)cc2c2ccc(-c3ccco3)cc21. The molecular weight excluding hydrogens is 887 g/mol. The molecular formula is C47H52Cl2N10O7. The number of nitrogens with zero attached hydrogens (tertiary/aromatic N) is 8. The van der Waals surface area contributed by atoms with E-state index in [9.17, 15) is 4.79 Å². The highest BCUT2D eigenvalue weighted by Crippen LogP contribution is 2.34. The van der Waals surface area contributed by atoms with Gasteiger partial charge in [-0.05, 0) is 61.0 Å². The van der Waals surface area contributed by atoms with Crippen molar-refractivity contribution in [3.05, 3.63) is 118 Å². The lowest BCUT2D eigenvalue weighted by Gasteiger charge is -2.14. The number of ether oxygens (including phenoxy) is 5. The van der Waals surface area contributed by atoms with Crippen molar-refractivity contribution in [1.82, 2.24) is 40.2 Å². The van der Waals surface area contributed by atoms with E-state index in [1.165, 1.54) is 39.8 Å². The summed E-state index contributed by atoms with van der Waals surface area (Å²) in [6, 6.07) is 22.5. The molecule has 0 radical (unpaired) electrons. The first-order valence-electron chi connectivity index (χ1n) is 21.9. The number of aromatic nitrogens is 6. The average molecular weight is 940 g/mol. The van der Waals surface area contributed by atoms with Gasteiger partial charge >= 0.3 is 6.01 Å². The number of hydrogen-bond donors (Lipinski definition) is 2. The van der Waals surface area contributed by atoms with Gasteiger partial charge in [0.25, 0.3) is 5.91 Å². The van der Waals surface area contributed by atoms with Crippen LogP contribution in [0.1, 0.15) is 35.5 Å². The molecule has 3 aromatic carbocycles. The molecule has 0 bridgehead atoms. The molecule has 1 amide bonds. The molecule has 2 N–H and O–H groups in total. The van der Waals surface area contributed by atoms with Gasteiger partial charge in [-0.15, -0.1) is 5.10 Å². The lowest BCUT2D eigenvalue weighted by Crippen LogP contribution is -2.33. The van der Waals surface area contributed by atoms with E-state index in [-0.39, 0.29) is 30.0 Å². The number of nitrogens with one attached hydrogen (secondary N) is 2. The topological polar surface area (TPSA) is 177 Å². The van der Waals surface area contributed by atoms with Gasteiger partial charge in [-0.2, -0.15) is 5.10 Å². The van der Waals surface area contributed by atoms with Crippen LogP contribution in [-0.2, 0) is 45.2 Å². The second kappa shape index (κ2) is 23.0. The number of furan rings is 1. The van der Waals surface area contributed by atoms with Gasteiger partial charge in [0.05, 0.1) is 99.7 Å². The molecule has 1 atom stereocenters. The Balaban J connectivity index is 0.625. The first-order chi connectivity index (χ1) is 32.3. The standard InChI is InChI=1S/C47H52Cl2N10O7/c1-3-58-42-11-6-33(23-39(42)38-9-7-34(24-43(38)58)44-5-4-14-65-44)26-50-12-15-61-17-19-63-21-22-64-20-18-62-16-13-57-30-36(54-56-57)31-66-47-51-27-35(28-52-47)46(60)53-45-32(2)29-59(55-45)37-8-10-40(48)41(49)25-37/h4-11,14,23-25,27-28,30,32,50H,3,12-13,15-22,26,29,31H2,1-2H3,(H,53,55,60). The lowest BCUT2D eigenvalue weighted by atomic mass is 10.1. The minimum Gasteiger partial charge on any atom is -0.464 e. The Hall–Kier alpha value is -5.92. The first kappa shape index (κ1) is 46.6. The van der Waals surface area contributed by atoms with Gasteiger partial charge in [0.1, 0.15) is 23.9 Å². The van der Waals surface area contributed by atoms with Crippen molar-refractivity contribution in [1.29, 1.82) is 0 Å². The summed E-state index contributed by atoms with van der Waals surface area (Å²) in [6.45, 7) is 11.6. The summed E-state index contributed by atoms with van der Waals surface area (Å²) in [5.74, 6) is 0.987. The van der Waals surface area contributed by atoms with E-state index in [4.69, 9.17) is 51.3 Å². The molecule has 0 fully saturated rings. The van der Waals surface area contributed by atoms with Gasteiger partial charge < -0.3 is 43.3 Å². The first-order valence-corrected chi connectivity index (χ1v) is 22.6. The highest BCUT2D eigenvalue weighted by atomic mass is 35.5. The fraction of sp³-hybridized carbons (Fsp3) is 0.362. The number of amides is 1. The smallest absolute Gasteiger partial charge is 0.316 e. The fourth-order valence-corrected chi connectivity index (χ4v) is 7.70. The maximum Gasteiger partial charge on any atom is 0.316 e. The van der Waals surface area contributed by atoms with Crippen LogP contribution in [0.15, 0.2) is 101 Å². The van der Waals surface area contributed by atoms with Crippen molar-refractivity contribution in [2.75, 3.05) is 71.0 Å². The maximum atomic E-state index is 12.9. The summed E-state index contributed by atoms with van der Waals surface area (Å²) in [5.41, 5.74) is 6.39. The highest BCUT2D eigenvalue weighted by molar-refractivity contribution is 6.42. The Morgan fingerprint density at radius 2 is 1.62 bits per heavy atom. The number of aryl methyl sites for hydroxylation is 1. The molecule has 17 nitrogen and oxygen atoms in total. The Kier molecular flexibility index (Phi) is 16.2. The number of amidine groups is 1. The zero-order valence-electron chi connectivity index (χ0n) is 36.8. The third kappa shape index (κ3) is 12.1. The number of fused-ring (bicyclic) bond motifs is 3. The Labute approximate surface area is 391 Å². The molecule has 4 aromatic heterocycles. The largest absolute Gasteiger partial charge is 0.464 e. The van der Waals surface area contributed by atoms with Crippen LogP contribution >= 0.6 is 23.2 Å². The number of halogens is 2. The molecule has 66 heavy (non-hydrogen) atoms. The third-order valence-electron chi connectivity index (χ3n) is 10.8. The van der Waals surface area contributed by atoms with Crippen molar-refractivity contribution in [2.24, 2.45) is 11.0 Å². The van der Waals surface area contributed by atoms with Gasteiger partial charge in [-0.1, -0.05) is 53.5 Å². The molecule has 5 heterocycles. The van der Waals surface area contributed by atoms with E-state index < -0.39 is 0 Å². The van der Waals surface area contributed by atoms with Crippen LogP contribution in [-0.4, -0.2) is 107 Å². The van der Waals surface area contributed by atoms with E-state index in [0.29, 0.717) is 87.5 Å². The number of benzene rings is 3. The van der Waals surface area contributed by atoms with Gasteiger partial charge in [0.2, 0.25) is 0 Å². The van der Waals surface area contributed by atoms with Crippen molar-refractivity contribution in [2.45, 2.75) is 40.1 Å². The minimum absolute atomic E-state index is 0.0269. The summed E-state index contributed by atoms with van der Waals surface area (Å²) in [5, 5.41) is 24.3. The van der Waals surface area contributed by atoms with E-state index in [1.807, 2.05) is 25.1 Å². The molecule has 8 rings (SSSR count). The van der Waals surface area contributed by atoms with Crippen LogP contribution in [0.3, 0.4) is 0 Å². The van der Waals surface area contributed by atoms with Gasteiger partial charge in [-0.25, -0.2) is 14.6 Å². The molecule has 0 saturated heterocycles. The molecule has 1 aliphatic rings. The Morgan fingerprint density at radius 3 is 2.36 bits per heavy atom. The van der Waals surface area contributed by atoms with Crippen molar-refractivity contribution < 1.29 is 32.9 Å².